The van der Waals surface area contributed by atoms with Crippen molar-refractivity contribution in [3.8, 4) is 5.75 Å². The summed E-state index contributed by atoms with van der Waals surface area (Å²) in [5.41, 5.74) is 0.573. The van der Waals surface area contributed by atoms with E-state index in [0.29, 0.717) is 25.1 Å². The molecule has 6 heteroatoms. The second-order valence-electron chi connectivity index (χ2n) is 8.45. The SMILES string of the molecule is CC[C@H](C(=O)NC(C)(C)C)N(Cc1cccc(OC)c1)C(=O)CCSc1ccccc1. The molecule has 0 aliphatic rings. The first-order valence-corrected chi connectivity index (χ1v) is 11.6. The first-order valence-electron chi connectivity index (χ1n) is 10.7. The number of hydrogen-bond donors (Lipinski definition) is 1. The van der Waals surface area contributed by atoms with Crippen LogP contribution in [0.3, 0.4) is 0 Å². The predicted octanol–water partition coefficient (Wildman–Crippen LogP) is 4.90. The van der Waals surface area contributed by atoms with Gasteiger partial charge < -0.3 is 15.0 Å². The molecule has 2 aromatic rings. The summed E-state index contributed by atoms with van der Waals surface area (Å²) in [6, 6.07) is 17.1. The average Bonchev–Trinajstić information content (AvgIpc) is 2.73. The van der Waals surface area contributed by atoms with Crippen molar-refractivity contribution in [1.29, 1.82) is 0 Å². The highest BCUT2D eigenvalue weighted by Gasteiger charge is 2.30. The summed E-state index contributed by atoms with van der Waals surface area (Å²) in [5.74, 6) is 1.25. The number of methoxy groups -OCH3 is 1. The van der Waals surface area contributed by atoms with Gasteiger partial charge in [0.2, 0.25) is 11.8 Å². The molecule has 168 valence electrons. The molecule has 1 atom stereocenters. The van der Waals surface area contributed by atoms with Gasteiger partial charge in [0.15, 0.2) is 0 Å². The molecule has 2 rings (SSSR count). The second kappa shape index (κ2) is 11.8. The molecule has 0 saturated heterocycles. The lowest BCUT2D eigenvalue weighted by atomic mass is 10.1. The van der Waals surface area contributed by atoms with Crippen LogP contribution in [0.5, 0.6) is 5.75 Å². The lowest BCUT2D eigenvalue weighted by molar-refractivity contribution is -0.141. The maximum atomic E-state index is 13.3. The quantitative estimate of drug-likeness (QED) is 0.532. The third-order valence-corrected chi connectivity index (χ3v) is 5.71. The van der Waals surface area contributed by atoms with Gasteiger partial charge in [0, 0.05) is 29.2 Å². The van der Waals surface area contributed by atoms with Gasteiger partial charge in [-0.15, -0.1) is 11.8 Å². The zero-order chi connectivity index (χ0) is 22.9. The molecule has 0 unspecified atom stereocenters. The monoisotopic (exact) mass is 442 g/mol. The van der Waals surface area contributed by atoms with E-state index in [-0.39, 0.29) is 17.4 Å². The largest absolute Gasteiger partial charge is 0.497 e. The third kappa shape index (κ3) is 8.29. The number of hydrogen-bond acceptors (Lipinski definition) is 4. The minimum atomic E-state index is -0.528. The van der Waals surface area contributed by atoms with Crippen LogP contribution < -0.4 is 10.1 Å². The minimum Gasteiger partial charge on any atom is -0.497 e. The molecule has 2 aromatic carbocycles. The molecule has 0 radical (unpaired) electrons. The summed E-state index contributed by atoms with van der Waals surface area (Å²) in [6.07, 6.45) is 0.909. The fraction of sp³-hybridized carbons (Fsp3) is 0.440. The topological polar surface area (TPSA) is 58.6 Å². The van der Waals surface area contributed by atoms with Gasteiger partial charge in [-0.2, -0.15) is 0 Å². The molecule has 0 aliphatic heterocycles. The van der Waals surface area contributed by atoms with Gasteiger partial charge in [-0.05, 0) is 57.0 Å². The Labute approximate surface area is 190 Å². The van der Waals surface area contributed by atoms with Crippen LogP contribution in [0.2, 0.25) is 0 Å². The van der Waals surface area contributed by atoms with E-state index < -0.39 is 6.04 Å². The van der Waals surface area contributed by atoms with Gasteiger partial charge in [0.05, 0.1) is 7.11 Å². The number of nitrogens with zero attached hydrogens (tertiary/aromatic N) is 1. The maximum Gasteiger partial charge on any atom is 0.243 e. The molecule has 0 aliphatic carbocycles. The van der Waals surface area contributed by atoms with Crippen LogP contribution >= 0.6 is 11.8 Å². The standard InChI is InChI=1S/C25H34N2O3S/c1-6-22(24(29)26-25(2,3)4)27(18-19-11-10-12-20(17-19)30-5)23(28)15-16-31-21-13-8-7-9-14-21/h7-14,17,22H,6,15-16,18H2,1-5H3,(H,26,29)/t22-/m1/s1. The van der Waals surface area contributed by atoms with Crippen LogP contribution in [0.25, 0.3) is 0 Å². The van der Waals surface area contributed by atoms with Crippen LogP contribution in [-0.4, -0.2) is 41.2 Å². The highest BCUT2D eigenvalue weighted by molar-refractivity contribution is 7.99. The normalized spacial score (nSPS) is 12.2. The van der Waals surface area contributed by atoms with E-state index in [1.165, 1.54) is 0 Å². The first-order chi connectivity index (χ1) is 14.7. The van der Waals surface area contributed by atoms with Crippen molar-refractivity contribution in [3.05, 3.63) is 60.2 Å². The van der Waals surface area contributed by atoms with Gasteiger partial charge in [-0.3, -0.25) is 9.59 Å². The first kappa shape index (κ1) is 24.8. The van der Waals surface area contributed by atoms with Crippen LogP contribution in [0.1, 0.15) is 46.1 Å². The number of nitrogens with one attached hydrogen (secondary N) is 1. The van der Waals surface area contributed by atoms with Crippen molar-refractivity contribution in [1.82, 2.24) is 10.2 Å². The molecular formula is C25H34N2O3S. The number of benzene rings is 2. The zero-order valence-corrected chi connectivity index (χ0v) is 20.0. The Morgan fingerprint density at radius 2 is 1.81 bits per heavy atom. The van der Waals surface area contributed by atoms with Gasteiger partial charge in [-0.1, -0.05) is 37.3 Å². The van der Waals surface area contributed by atoms with Crippen molar-refractivity contribution >= 4 is 23.6 Å². The summed E-state index contributed by atoms with van der Waals surface area (Å²) in [6.45, 7) is 8.15. The predicted molar refractivity (Wildman–Crippen MR) is 127 cm³/mol. The molecule has 1 N–H and O–H groups in total. The van der Waals surface area contributed by atoms with Crippen LogP contribution in [0, 0.1) is 0 Å². The summed E-state index contributed by atoms with van der Waals surface area (Å²) in [7, 11) is 1.62. The van der Waals surface area contributed by atoms with E-state index in [1.807, 2.05) is 82.3 Å². The number of carbonyl (C=O) groups is 2. The van der Waals surface area contributed by atoms with Gasteiger partial charge in [0.25, 0.3) is 0 Å². The number of thioether (sulfide) groups is 1. The van der Waals surface area contributed by atoms with Crippen molar-refractivity contribution in [2.24, 2.45) is 0 Å². The molecule has 0 heterocycles. The van der Waals surface area contributed by atoms with E-state index in [2.05, 4.69) is 5.32 Å². The number of ether oxygens (including phenoxy) is 1. The molecule has 0 aromatic heterocycles. The Kier molecular flexibility index (Phi) is 9.44. The van der Waals surface area contributed by atoms with Crippen LogP contribution in [0.4, 0.5) is 0 Å². The lowest BCUT2D eigenvalue weighted by Gasteiger charge is -2.33. The Bertz CT molecular complexity index is 849. The van der Waals surface area contributed by atoms with Crippen LogP contribution in [0.15, 0.2) is 59.5 Å². The average molecular weight is 443 g/mol. The minimum absolute atomic E-state index is 0.0258. The van der Waals surface area contributed by atoms with E-state index in [0.717, 1.165) is 16.2 Å². The van der Waals surface area contributed by atoms with Gasteiger partial charge in [0.1, 0.15) is 11.8 Å². The summed E-state index contributed by atoms with van der Waals surface area (Å²) in [5, 5.41) is 3.03. The van der Waals surface area contributed by atoms with Crippen molar-refractivity contribution in [2.75, 3.05) is 12.9 Å². The van der Waals surface area contributed by atoms with E-state index >= 15 is 0 Å². The zero-order valence-electron chi connectivity index (χ0n) is 19.2. The molecule has 2 amide bonds. The van der Waals surface area contributed by atoms with Crippen LogP contribution in [-0.2, 0) is 16.1 Å². The second-order valence-corrected chi connectivity index (χ2v) is 9.62. The Morgan fingerprint density at radius 3 is 2.42 bits per heavy atom. The number of amides is 2. The van der Waals surface area contributed by atoms with E-state index in [9.17, 15) is 9.59 Å². The molecular weight excluding hydrogens is 408 g/mol. The van der Waals surface area contributed by atoms with E-state index in [4.69, 9.17) is 4.74 Å². The fourth-order valence-electron chi connectivity index (χ4n) is 3.26. The highest BCUT2D eigenvalue weighted by Crippen LogP contribution is 2.21. The lowest BCUT2D eigenvalue weighted by Crippen LogP contribution is -2.53. The van der Waals surface area contributed by atoms with Crippen molar-refractivity contribution in [2.45, 2.75) is 63.6 Å². The molecule has 5 nitrogen and oxygen atoms in total. The van der Waals surface area contributed by atoms with Crippen molar-refractivity contribution in [3.63, 3.8) is 0 Å². The third-order valence-electron chi connectivity index (χ3n) is 4.70. The molecule has 0 saturated carbocycles. The molecule has 31 heavy (non-hydrogen) atoms. The van der Waals surface area contributed by atoms with Gasteiger partial charge >= 0.3 is 0 Å². The molecule has 0 fully saturated rings. The van der Waals surface area contributed by atoms with Gasteiger partial charge in [-0.25, -0.2) is 0 Å². The summed E-state index contributed by atoms with van der Waals surface area (Å²) >= 11 is 1.65. The Balaban J connectivity index is 2.18. The maximum absolute atomic E-state index is 13.3. The van der Waals surface area contributed by atoms with E-state index in [1.54, 1.807) is 23.8 Å². The summed E-state index contributed by atoms with van der Waals surface area (Å²) in [4.78, 5) is 29.1. The van der Waals surface area contributed by atoms with Crippen molar-refractivity contribution < 1.29 is 14.3 Å². The number of carbonyl (C=O) groups excluding carboxylic acids is 2. The number of rotatable bonds is 10. The molecule has 0 bridgehead atoms. The molecule has 0 spiro atoms. The fourth-order valence-corrected chi connectivity index (χ4v) is 4.12. The smallest absolute Gasteiger partial charge is 0.243 e. The summed E-state index contributed by atoms with van der Waals surface area (Å²) < 4.78 is 5.32. The highest BCUT2D eigenvalue weighted by atomic mass is 32.2. The Hall–Kier alpha value is -2.47. The Morgan fingerprint density at radius 1 is 1.10 bits per heavy atom.